The van der Waals surface area contributed by atoms with E-state index in [0.29, 0.717) is 10.7 Å². The predicted octanol–water partition coefficient (Wildman–Crippen LogP) is 5.28. The third-order valence-electron chi connectivity index (χ3n) is 4.17. The van der Waals surface area contributed by atoms with Gasteiger partial charge in [-0.2, -0.15) is 0 Å². The first-order valence-electron chi connectivity index (χ1n) is 8.72. The molecular weight excluding hydrogens is 400 g/mol. The number of halogens is 1. The molecule has 0 aliphatic rings. The zero-order chi connectivity index (χ0) is 19.4. The lowest BCUT2D eigenvalue weighted by Crippen LogP contribution is -2.14. The molecule has 2 heterocycles. The number of thiophene rings is 1. The lowest BCUT2D eigenvalue weighted by atomic mass is 10.1. The van der Waals surface area contributed by atoms with Crippen LogP contribution in [0.15, 0.2) is 34.8 Å². The molecule has 3 rings (SSSR count). The molecule has 1 N–H and O–H groups in total. The molecule has 1 amide bonds. The monoisotopic (exact) mass is 420 g/mol. The lowest BCUT2D eigenvalue weighted by molar-refractivity contribution is -0.113. The van der Waals surface area contributed by atoms with Crippen molar-refractivity contribution >= 4 is 46.3 Å². The molecule has 0 spiro atoms. The Morgan fingerprint density at radius 2 is 2.15 bits per heavy atom. The third-order valence-corrected chi connectivity index (χ3v) is 6.33. The zero-order valence-electron chi connectivity index (χ0n) is 15.5. The summed E-state index contributed by atoms with van der Waals surface area (Å²) in [6.45, 7) is 7.10. The number of hydrogen-bond acceptors (Lipinski definition) is 5. The summed E-state index contributed by atoms with van der Waals surface area (Å²) in [6.07, 6.45) is 0.964. The highest BCUT2D eigenvalue weighted by Crippen LogP contribution is 2.32. The topological polar surface area (TPSA) is 59.8 Å². The van der Waals surface area contributed by atoms with Crippen LogP contribution in [0.5, 0.6) is 0 Å². The van der Waals surface area contributed by atoms with Crippen LogP contribution in [0.3, 0.4) is 0 Å². The number of carbonyl (C=O) groups is 1. The van der Waals surface area contributed by atoms with Gasteiger partial charge in [0.25, 0.3) is 0 Å². The number of rotatable bonds is 7. The smallest absolute Gasteiger partial charge is 0.234 e. The quantitative estimate of drug-likeness (QED) is 0.528. The van der Waals surface area contributed by atoms with Crippen molar-refractivity contribution in [3.05, 3.63) is 45.1 Å². The van der Waals surface area contributed by atoms with E-state index in [1.807, 2.05) is 6.07 Å². The molecule has 0 bridgehead atoms. The van der Waals surface area contributed by atoms with Gasteiger partial charge >= 0.3 is 0 Å². The number of aromatic nitrogens is 3. The SMILES string of the molecule is CCc1c(-c2nnc(SCC(=O)Nc3cccc(Cl)c3)n2CC)csc1C. The van der Waals surface area contributed by atoms with Crippen LogP contribution in [0.25, 0.3) is 11.4 Å². The van der Waals surface area contributed by atoms with Crippen LogP contribution >= 0.6 is 34.7 Å². The average Bonchev–Trinajstić information content (AvgIpc) is 3.22. The Hall–Kier alpha value is -1.83. The first-order chi connectivity index (χ1) is 13.0. The number of hydrogen-bond donors (Lipinski definition) is 1. The van der Waals surface area contributed by atoms with Crippen LogP contribution in [0.1, 0.15) is 24.3 Å². The summed E-state index contributed by atoms with van der Waals surface area (Å²) >= 11 is 9.07. The molecule has 2 aromatic heterocycles. The van der Waals surface area contributed by atoms with Crippen molar-refractivity contribution in [3.63, 3.8) is 0 Å². The molecule has 8 heteroatoms. The van der Waals surface area contributed by atoms with Gasteiger partial charge < -0.3 is 9.88 Å². The predicted molar refractivity (Wildman–Crippen MR) is 114 cm³/mol. The highest BCUT2D eigenvalue weighted by Gasteiger charge is 2.18. The normalized spacial score (nSPS) is 11.0. The number of anilines is 1. The van der Waals surface area contributed by atoms with Crippen molar-refractivity contribution < 1.29 is 4.79 Å². The second-order valence-corrected chi connectivity index (χ2v) is 8.40. The summed E-state index contributed by atoms with van der Waals surface area (Å²) in [7, 11) is 0. The summed E-state index contributed by atoms with van der Waals surface area (Å²) in [5.74, 6) is 1.03. The van der Waals surface area contributed by atoms with Gasteiger partial charge in [-0.25, -0.2) is 0 Å². The van der Waals surface area contributed by atoms with Crippen LogP contribution in [0.2, 0.25) is 5.02 Å². The lowest BCUT2D eigenvalue weighted by Gasteiger charge is -2.08. The van der Waals surface area contributed by atoms with Crippen molar-refractivity contribution in [2.45, 2.75) is 38.9 Å². The number of nitrogens with zero attached hydrogens (tertiary/aromatic N) is 3. The summed E-state index contributed by atoms with van der Waals surface area (Å²) in [5.41, 5.74) is 3.15. The van der Waals surface area contributed by atoms with Crippen LogP contribution in [-0.4, -0.2) is 26.4 Å². The largest absolute Gasteiger partial charge is 0.325 e. The van der Waals surface area contributed by atoms with Gasteiger partial charge in [0.2, 0.25) is 5.91 Å². The summed E-state index contributed by atoms with van der Waals surface area (Å²) in [5, 5.41) is 15.1. The molecule has 1 aromatic carbocycles. The van der Waals surface area contributed by atoms with Crippen LogP contribution in [0, 0.1) is 6.92 Å². The first-order valence-corrected chi connectivity index (χ1v) is 11.0. The maximum absolute atomic E-state index is 12.2. The zero-order valence-corrected chi connectivity index (χ0v) is 17.8. The fraction of sp³-hybridized carbons (Fsp3) is 0.316. The minimum atomic E-state index is -0.102. The van der Waals surface area contributed by atoms with Gasteiger partial charge in [-0.15, -0.1) is 21.5 Å². The Balaban J connectivity index is 1.72. The molecule has 0 atom stereocenters. The fourth-order valence-electron chi connectivity index (χ4n) is 2.88. The van der Waals surface area contributed by atoms with E-state index in [4.69, 9.17) is 11.6 Å². The molecule has 0 saturated carbocycles. The van der Waals surface area contributed by atoms with Crippen LogP contribution in [-0.2, 0) is 17.8 Å². The first kappa shape index (κ1) is 19.9. The van der Waals surface area contributed by atoms with E-state index in [1.54, 1.807) is 29.5 Å². The van der Waals surface area contributed by atoms with E-state index in [1.165, 1.54) is 22.2 Å². The number of benzene rings is 1. The van der Waals surface area contributed by atoms with Crippen LogP contribution in [0.4, 0.5) is 5.69 Å². The number of carbonyl (C=O) groups excluding carboxylic acids is 1. The van der Waals surface area contributed by atoms with Crippen molar-refractivity contribution in [1.29, 1.82) is 0 Å². The van der Waals surface area contributed by atoms with Crippen molar-refractivity contribution in [2.75, 3.05) is 11.1 Å². The van der Waals surface area contributed by atoms with Gasteiger partial charge in [0.15, 0.2) is 11.0 Å². The van der Waals surface area contributed by atoms with Gasteiger partial charge in [-0.1, -0.05) is 36.4 Å². The minimum Gasteiger partial charge on any atom is -0.325 e. The highest BCUT2D eigenvalue weighted by molar-refractivity contribution is 7.99. The Morgan fingerprint density at radius 3 is 2.85 bits per heavy atom. The number of thioether (sulfide) groups is 1. The average molecular weight is 421 g/mol. The Bertz CT molecular complexity index is 951. The van der Waals surface area contributed by atoms with Gasteiger partial charge in [0.1, 0.15) is 0 Å². The van der Waals surface area contributed by atoms with Crippen molar-refractivity contribution in [3.8, 4) is 11.4 Å². The maximum atomic E-state index is 12.2. The van der Waals surface area contributed by atoms with Gasteiger partial charge in [0, 0.05) is 33.1 Å². The number of nitrogens with one attached hydrogen (secondary N) is 1. The van der Waals surface area contributed by atoms with E-state index >= 15 is 0 Å². The Kier molecular flexibility index (Phi) is 6.57. The van der Waals surface area contributed by atoms with Crippen LogP contribution < -0.4 is 5.32 Å². The van der Waals surface area contributed by atoms with E-state index in [2.05, 4.69) is 46.2 Å². The van der Waals surface area contributed by atoms with E-state index in [-0.39, 0.29) is 11.7 Å². The second kappa shape index (κ2) is 8.91. The molecule has 142 valence electrons. The van der Waals surface area contributed by atoms with Gasteiger partial charge in [-0.05, 0) is 44.0 Å². The molecule has 0 unspecified atom stereocenters. The van der Waals surface area contributed by atoms with Gasteiger partial charge in [0.05, 0.1) is 5.75 Å². The fourth-order valence-corrected chi connectivity index (χ4v) is 4.81. The Labute approximate surface area is 172 Å². The molecule has 27 heavy (non-hydrogen) atoms. The molecular formula is C19H21ClN4OS2. The minimum absolute atomic E-state index is 0.102. The number of aryl methyl sites for hydroxylation is 1. The standard InChI is InChI=1S/C19H21ClN4OS2/c1-4-15-12(3)26-10-16(15)18-22-23-19(24(18)5-2)27-11-17(25)21-14-8-6-7-13(20)9-14/h6-10H,4-5,11H2,1-3H3,(H,21,25). The van der Waals surface area contributed by atoms with Gasteiger partial charge in [-0.3, -0.25) is 4.79 Å². The van der Waals surface area contributed by atoms with E-state index in [9.17, 15) is 4.79 Å². The highest BCUT2D eigenvalue weighted by atomic mass is 35.5. The molecule has 0 radical (unpaired) electrons. The third kappa shape index (κ3) is 4.54. The molecule has 5 nitrogen and oxygen atoms in total. The Morgan fingerprint density at radius 1 is 1.33 bits per heavy atom. The summed E-state index contributed by atoms with van der Waals surface area (Å²) in [6, 6.07) is 7.11. The second-order valence-electron chi connectivity index (χ2n) is 5.94. The molecule has 0 saturated heterocycles. The molecule has 0 fully saturated rings. The summed E-state index contributed by atoms with van der Waals surface area (Å²) < 4.78 is 2.07. The van der Waals surface area contributed by atoms with Crippen molar-refractivity contribution in [1.82, 2.24) is 14.8 Å². The maximum Gasteiger partial charge on any atom is 0.234 e. The molecule has 0 aliphatic carbocycles. The summed E-state index contributed by atoms with van der Waals surface area (Å²) in [4.78, 5) is 13.6. The van der Waals surface area contributed by atoms with Crippen molar-refractivity contribution in [2.24, 2.45) is 0 Å². The van der Waals surface area contributed by atoms with E-state index < -0.39 is 0 Å². The molecule has 3 aromatic rings. The molecule has 0 aliphatic heterocycles. The number of amides is 1. The van der Waals surface area contributed by atoms with E-state index in [0.717, 1.165) is 29.5 Å².